The van der Waals surface area contributed by atoms with Crippen LogP contribution in [0.2, 0.25) is 0 Å². The van der Waals surface area contributed by atoms with Crippen molar-refractivity contribution in [3.8, 4) is 11.1 Å². The monoisotopic (exact) mass is 515 g/mol. The molecule has 2 unspecified atom stereocenters. The van der Waals surface area contributed by atoms with E-state index < -0.39 is 11.6 Å². The second-order valence-corrected chi connectivity index (χ2v) is 10.8. The van der Waals surface area contributed by atoms with E-state index in [1.54, 1.807) is 0 Å². The molecule has 5 aromatic carbocycles. The van der Waals surface area contributed by atoms with Gasteiger partial charge in [0, 0.05) is 38.5 Å². The SMILES string of the molecule is C=CC1C(/C=C/c2ccc3c(c2)-c2cccc4cccc(c24)S3)c2ccccc2N1c1cc(F)cc(F)c1. The van der Waals surface area contributed by atoms with Gasteiger partial charge in [-0.25, -0.2) is 8.78 Å². The minimum Gasteiger partial charge on any atom is -0.333 e. The molecule has 4 heteroatoms. The van der Waals surface area contributed by atoms with E-state index in [0.29, 0.717) is 5.69 Å². The van der Waals surface area contributed by atoms with Crippen LogP contribution in [0.5, 0.6) is 0 Å². The molecule has 184 valence electrons. The van der Waals surface area contributed by atoms with Crippen LogP contribution < -0.4 is 4.90 Å². The first-order valence-electron chi connectivity index (χ1n) is 12.6. The number of anilines is 2. The van der Waals surface area contributed by atoms with Crippen molar-refractivity contribution >= 4 is 40.0 Å². The van der Waals surface area contributed by atoms with Crippen molar-refractivity contribution in [2.45, 2.75) is 21.8 Å². The molecule has 7 rings (SSSR count). The summed E-state index contributed by atoms with van der Waals surface area (Å²) in [5.74, 6) is -1.21. The Labute approximate surface area is 224 Å². The van der Waals surface area contributed by atoms with Crippen LogP contribution in [0.15, 0.2) is 126 Å². The van der Waals surface area contributed by atoms with Crippen molar-refractivity contribution in [2.75, 3.05) is 4.90 Å². The van der Waals surface area contributed by atoms with Crippen molar-refractivity contribution < 1.29 is 8.78 Å². The lowest BCUT2D eigenvalue weighted by Crippen LogP contribution is -2.27. The first-order chi connectivity index (χ1) is 18.6. The van der Waals surface area contributed by atoms with Crippen molar-refractivity contribution in [1.82, 2.24) is 0 Å². The molecule has 2 aliphatic rings. The van der Waals surface area contributed by atoms with Crippen molar-refractivity contribution in [3.63, 3.8) is 0 Å². The Morgan fingerprint density at radius 1 is 0.763 bits per heavy atom. The molecule has 38 heavy (non-hydrogen) atoms. The maximum Gasteiger partial charge on any atom is 0.128 e. The molecule has 0 saturated carbocycles. The van der Waals surface area contributed by atoms with Crippen molar-refractivity contribution in [2.24, 2.45) is 0 Å². The molecule has 0 amide bonds. The molecule has 0 spiro atoms. The number of hydrogen-bond acceptors (Lipinski definition) is 2. The molecular weight excluding hydrogens is 492 g/mol. The third kappa shape index (κ3) is 3.67. The number of para-hydroxylation sites is 1. The summed E-state index contributed by atoms with van der Waals surface area (Å²) in [5.41, 5.74) is 6.12. The van der Waals surface area contributed by atoms with Gasteiger partial charge in [-0.3, -0.25) is 0 Å². The number of rotatable bonds is 4. The van der Waals surface area contributed by atoms with Crippen molar-refractivity contribution in [3.05, 3.63) is 139 Å². The van der Waals surface area contributed by atoms with Gasteiger partial charge >= 0.3 is 0 Å². The Kier molecular flexibility index (Phi) is 5.45. The van der Waals surface area contributed by atoms with Gasteiger partial charge in [0.05, 0.1) is 6.04 Å². The van der Waals surface area contributed by atoms with E-state index in [1.807, 2.05) is 40.9 Å². The van der Waals surface area contributed by atoms with E-state index in [2.05, 4.69) is 79.4 Å². The third-order valence-electron chi connectivity index (χ3n) is 7.46. The van der Waals surface area contributed by atoms with Crippen LogP contribution in [0.1, 0.15) is 17.0 Å². The molecule has 1 nitrogen and oxygen atoms in total. The Hall–Kier alpha value is -4.15. The lowest BCUT2D eigenvalue weighted by Gasteiger charge is -2.27. The molecule has 0 radical (unpaired) electrons. The minimum absolute atomic E-state index is 0.0235. The number of hydrogen-bond donors (Lipinski definition) is 0. The average molecular weight is 516 g/mol. The normalized spacial score (nSPS) is 17.6. The van der Waals surface area contributed by atoms with Crippen LogP contribution in [0.25, 0.3) is 28.0 Å². The molecule has 0 saturated heterocycles. The predicted octanol–water partition coefficient (Wildman–Crippen LogP) is 9.75. The first kappa shape index (κ1) is 23.0. The van der Waals surface area contributed by atoms with Crippen LogP contribution in [0.4, 0.5) is 20.2 Å². The fraction of sp³-hybridized carbons (Fsp3) is 0.0588. The maximum absolute atomic E-state index is 14.2. The molecular formula is C34H23F2NS. The van der Waals surface area contributed by atoms with E-state index in [0.717, 1.165) is 22.9 Å². The minimum atomic E-state index is -0.595. The zero-order valence-electron chi connectivity index (χ0n) is 20.4. The topological polar surface area (TPSA) is 3.24 Å². The highest BCUT2D eigenvalue weighted by molar-refractivity contribution is 7.99. The maximum atomic E-state index is 14.2. The van der Waals surface area contributed by atoms with Gasteiger partial charge in [0.2, 0.25) is 0 Å². The summed E-state index contributed by atoms with van der Waals surface area (Å²) in [5, 5.41) is 2.56. The van der Waals surface area contributed by atoms with Crippen LogP contribution in [-0.4, -0.2) is 6.04 Å². The van der Waals surface area contributed by atoms with E-state index in [1.165, 1.54) is 43.8 Å². The van der Waals surface area contributed by atoms with E-state index >= 15 is 0 Å². The number of nitrogens with zero attached hydrogens (tertiary/aromatic N) is 1. The molecule has 0 bridgehead atoms. The average Bonchev–Trinajstić information content (AvgIpc) is 3.25. The van der Waals surface area contributed by atoms with Gasteiger partial charge in [0.15, 0.2) is 0 Å². The Balaban J connectivity index is 1.29. The van der Waals surface area contributed by atoms with Gasteiger partial charge in [-0.15, -0.1) is 6.58 Å². The predicted molar refractivity (Wildman–Crippen MR) is 154 cm³/mol. The Bertz CT molecular complexity index is 1750. The van der Waals surface area contributed by atoms with Gasteiger partial charge in [0.25, 0.3) is 0 Å². The van der Waals surface area contributed by atoms with Gasteiger partial charge in [-0.05, 0) is 64.0 Å². The summed E-state index contributed by atoms with van der Waals surface area (Å²) in [7, 11) is 0. The molecule has 5 aromatic rings. The van der Waals surface area contributed by atoms with E-state index in [9.17, 15) is 8.78 Å². The number of benzene rings is 5. The fourth-order valence-electron chi connectivity index (χ4n) is 5.85. The summed E-state index contributed by atoms with van der Waals surface area (Å²) < 4.78 is 28.3. The van der Waals surface area contributed by atoms with E-state index in [4.69, 9.17) is 0 Å². The second-order valence-electron chi connectivity index (χ2n) is 9.69. The molecule has 0 fully saturated rings. The second kappa shape index (κ2) is 9.00. The Morgan fingerprint density at radius 3 is 2.37 bits per heavy atom. The molecule has 2 atom stereocenters. The summed E-state index contributed by atoms with van der Waals surface area (Å²) in [4.78, 5) is 4.52. The fourth-order valence-corrected chi connectivity index (χ4v) is 6.98. The third-order valence-corrected chi connectivity index (χ3v) is 8.60. The van der Waals surface area contributed by atoms with Crippen LogP contribution in [-0.2, 0) is 0 Å². The molecule has 0 N–H and O–H groups in total. The van der Waals surface area contributed by atoms with Gasteiger partial charge < -0.3 is 4.90 Å². The van der Waals surface area contributed by atoms with Crippen LogP contribution in [0.3, 0.4) is 0 Å². The quantitative estimate of drug-likeness (QED) is 0.215. The zero-order chi connectivity index (χ0) is 25.8. The highest BCUT2D eigenvalue weighted by Crippen LogP contribution is 2.49. The van der Waals surface area contributed by atoms with Crippen LogP contribution >= 0.6 is 11.8 Å². The van der Waals surface area contributed by atoms with Crippen molar-refractivity contribution in [1.29, 1.82) is 0 Å². The molecule has 2 aliphatic heterocycles. The summed E-state index contributed by atoms with van der Waals surface area (Å²) >= 11 is 1.82. The number of halogens is 2. The van der Waals surface area contributed by atoms with Gasteiger partial charge in [-0.1, -0.05) is 84.6 Å². The van der Waals surface area contributed by atoms with E-state index in [-0.39, 0.29) is 12.0 Å². The summed E-state index contributed by atoms with van der Waals surface area (Å²) in [6.07, 6.45) is 6.20. The van der Waals surface area contributed by atoms with Gasteiger partial charge in [-0.2, -0.15) is 0 Å². The molecule has 0 aliphatic carbocycles. The lowest BCUT2D eigenvalue weighted by molar-refractivity contribution is 0.582. The molecule has 2 heterocycles. The zero-order valence-corrected chi connectivity index (χ0v) is 21.3. The largest absolute Gasteiger partial charge is 0.333 e. The number of fused-ring (bicyclic) bond motifs is 3. The van der Waals surface area contributed by atoms with Gasteiger partial charge in [0.1, 0.15) is 11.6 Å². The summed E-state index contributed by atoms with van der Waals surface area (Å²) in [6, 6.07) is 31.1. The molecule has 0 aromatic heterocycles. The lowest BCUT2D eigenvalue weighted by atomic mass is 9.92. The van der Waals surface area contributed by atoms with Crippen LogP contribution in [0, 0.1) is 11.6 Å². The smallest absolute Gasteiger partial charge is 0.128 e. The highest BCUT2D eigenvalue weighted by atomic mass is 32.2. The highest BCUT2D eigenvalue weighted by Gasteiger charge is 2.36. The standard InChI is InChI=1S/C34H23F2NS/c1-2-30-27(26-9-3-4-11-31(26)37(30)25-19-23(35)18-24(36)20-25)15-13-21-14-16-32-29(17-21)28-10-5-7-22-8-6-12-33(38-32)34(22)28/h2-20,27,30H,1H2/b15-13+. The first-order valence-corrected chi connectivity index (χ1v) is 13.4. The Morgan fingerprint density at radius 2 is 1.55 bits per heavy atom. The summed E-state index contributed by atoms with van der Waals surface area (Å²) in [6.45, 7) is 4.09.